The standard InChI is InChI=1S/C15H22O3S/c1-9-4-3-7-15(2)13(18-15)12-10(6-5-9)11(8-19)14(16)17-12/h4,10-13,19H,3,5-8H2,1-2H3/b9-4+/t10-,11-,12-,13+,15+/m0/s1. The zero-order valence-electron chi connectivity index (χ0n) is 11.6. The summed E-state index contributed by atoms with van der Waals surface area (Å²) in [6.45, 7) is 4.32. The quantitative estimate of drug-likeness (QED) is 0.348. The molecule has 2 saturated heterocycles. The molecule has 5 atom stereocenters. The highest BCUT2D eigenvalue weighted by molar-refractivity contribution is 7.80. The molecule has 19 heavy (non-hydrogen) atoms. The summed E-state index contributed by atoms with van der Waals surface area (Å²) in [7, 11) is 0. The lowest BCUT2D eigenvalue weighted by Gasteiger charge is -2.21. The number of hydrogen-bond acceptors (Lipinski definition) is 4. The lowest BCUT2D eigenvalue weighted by atomic mass is 9.81. The van der Waals surface area contributed by atoms with E-state index in [1.165, 1.54) is 5.57 Å². The van der Waals surface area contributed by atoms with E-state index >= 15 is 0 Å². The average Bonchev–Trinajstić information content (AvgIpc) is 2.92. The van der Waals surface area contributed by atoms with E-state index in [-0.39, 0.29) is 35.6 Å². The molecule has 0 aromatic rings. The van der Waals surface area contributed by atoms with Crippen molar-refractivity contribution in [2.75, 3.05) is 5.75 Å². The minimum absolute atomic E-state index is 0.0550. The Morgan fingerprint density at radius 1 is 1.53 bits per heavy atom. The summed E-state index contributed by atoms with van der Waals surface area (Å²) in [4.78, 5) is 12.0. The third-order valence-electron chi connectivity index (χ3n) is 4.94. The maximum absolute atomic E-state index is 12.0. The number of fused-ring (bicyclic) bond motifs is 3. The Morgan fingerprint density at radius 2 is 2.32 bits per heavy atom. The Morgan fingerprint density at radius 3 is 3.05 bits per heavy atom. The summed E-state index contributed by atoms with van der Waals surface area (Å²) >= 11 is 4.33. The van der Waals surface area contributed by atoms with Gasteiger partial charge in [0.2, 0.25) is 0 Å². The van der Waals surface area contributed by atoms with Crippen LogP contribution in [0, 0.1) is 11.8 Å². The van der Waals surface area contributed by atoms with Crippen molar-refractivity contribution in [2.45, 2.75) is 57.3 Å². The van der Waals surface area contributed by atoms with Crippen LogP contribution in [0.4, 0.5) is 0 Å². The van der Waals surface area contributed by atoms with Gasteiger partial charge in [0.05, 0.1) is 11.5 Å². The predicted octanol–water partition coefficient (Wildman–Crippen LogP) is 2.75. The van der Waals surface area contributed by atoms with E-state index in [9.17, 15) is 4.79 Å². The molecule has 0 spiro atoms. The number of hydrogen-bond donors (Lipinski definition) is 1. The largest absolute Gasteiger partial charge is 0.459 e. The van der Waals surface area contributed by atoms with Crippen molar-refractivity contribution in [1.29, 1.82) is 0 Å². The highest BCUT2D eigenvalue weighted by atomic mass is 32.1. The number of ether oxygens (including phenoxy) is 2. The Hall–Kier alpha value is -0.480. The maximum atomic E-state index is 12.0. The van der Waals surface area contributed by atoms with E-state index in [2.05, 4.69) is 32.6 Å². The molecule has 0 aromatic heterocycles. The third kappa shape index (κ3) is 2.33. The SMILES string of the molecule is C/C1=C\CC[C@@]2(C)O[C@@H]2[C@H]2OC(=O)[C@@H](CS)[C@@H]2CC1. The summed E-state index contributed by atoms with van der Waals surface area (Å²) in [6, 6.07) is 0. The minimum Gasteiger partial charge on any atom is -0.459 e. The van der Waals surface area contributed by atoms with Gasteiger partial charge in [-0.25, -0.2) is 0 Å². The van der Waals surface area contributed by atoms with Gasteiger partial charge in [-0.1, -0.05) is 11.6 Å². The second kappa shape index (κ2) is 4.81. The first kappa shape index (κ1) is 13.5. The lowest BCUT2D eigenvalue weighted by Crippen LogP contribution is -2.30. The van der Waals surface area contributed by atoms with Crippen molar-refractivity contribution in [2.24, 2.45) is 11.8 Å². The molecule has 2 heterocycles. The van der Waals surface area contributed by atoms with Crippen LogP contribution in [0.25, 0.3) is 0 Å². The van der Waals surface area contributed by atoms with E-state index in [4.69, 9.17) is 9.47 Å². The van der Waals surface area contributed by atoms with Crippen LogP contribution < -0.4 is 0 Å². The van der Waals surface area contributed by atoms with E-state index in [0.29, 0.717) is 5.75 Å². The van der Waals surface area contributed by atoms with Gasteiger partial charge in [-0.3, -0.25) is 4.79 Å². The van der Waals surface area contributed by atoms with E-state index in [0.717, 1.165) is 25.7 Å². The fourth-order valence-corrected chi connectivity index (χ4v) is 3.97. The molecule has 0 aromatic carbocycles. The summed E-state index contributed by atoms with van der Waals surface area (Å²) in [5.41, 5.74) is 1.32. The fraction of sp³-hybridized carbons (Fsp3) is 0.800. The molecular weight excluding hydrogens is 260 g/mol. The second-order valence-corrected chi connectivity index (χ2v) is 6.70. The van der Waals surface area contributed by atoms with Crippen LogP contribution >= 0.6 is 12.6 Å². The van der Waals surface area contributed by atoms with Crippen LogP contribution in [0.5, 0.6) is 0 Å². The lowest BCUT2D eigenvalue weighted by molar-refractivity contribution is -0.144. The number of esters is 1. The third-order valence-corrected chi connectivity index (χ3v) is 5.33. The summed E-state index contributed by atoms with van der Waals surface area (Å²) in [6.07, 6.45) is 6.48. The normalized spacial score (nSPS) is 48.6. The van der Waals surface area contributed by atoms with Gasteiger partial charge in [0.25, 0.3) is 0 Å². The van der Waals surface area contributed by atoms with Crippen LogP contribution in [0.3, 0.4) is 0 Å². The van der Waals surface area contributed by atoms with E-state index in [1.54, 1.807) is 0 Å². The van der Waals surface area contributed by atoms with Gasteiger partial charge in [0.15, 0.2) is 0 Å². The van der Waals surface area contributed by atoms with Crippen LogP contribution in [-0.4, -0.2) is 29.5 Å². The molecule has 106 valence electrons. The van der Waals surface area contributed by atoms with Crippen LogP contribution in [0.2, 0.25) is 0 Å². The van der Waals surface area contributed by atoms with Gasteiger partial charge in [0, 0.05) is 11.7 Å². The minimum atomic E-state index is -0.0944. The first-order valence-electron chi connectivity index (χ1n) is 7.20. The number of rotatable bonds is 1. The van der Waals surface area contributed by atoms with Crippen molar-refractivity contribution >= 4 is 18.6 Å². The highest BCUT2D eigenvalue weighted by Crippen LogP contribution is 2.50. The van der Waals surface area contributed by atoms with Crippen LogP contribution in [0.15, 0.2) is 11.6 Å². The molecular formula is C15H22O3S. The molecule has 0 unspecified atom stereocenters. The van der Waals surface area contributed by atoms with Crippen molar-refractivity contribution < 1.29 is 14.3 Å². The van der Waals surface area contributed by atoms with Crippen molar-refractivity contribution in [3.8, 4) is 0 Å². The predicted molar refractivity (Wildman–Crippen MR) is 76.2 cm³/mol. The van der Waals surface area contributed by atoms with E-state index in [1.807, 2.05) is 0 Å². The monoisotopic (exact) mass is 282 g/mol. The summed E-state index contributed by atoms with van der Waals surface area (Å²) in [5.74, 6) is 0.697. The number of carbonyl (C=O) groups is 1. The van der Waals surface area contributed by atoms with Gasteiger partial charge in [-0.05, 0) is 39.5 Å². The van der Waals surface area contributed by atoms with Gasteiger partial charge >= 0.3 is 5.97 Å². The second-order valence-electron chi connectivity index (χ2n) is 6.33. The fourth-order valence-electron chi connectivity index (χ4n) is 3.55. The maximum Gasteiger partial charge on any atom is 0.310 e. The zero-order valence-corrected chi connectivity index (χ0v) is 12.5. The molecule has 1 aliphatic carbocycles. The molecule has 2 aliphatic heterocycles. The number of carbonyl (C=O) groups excluding carboxylic acids is 1. The molecule has 0 radical (unpaired) electrons. The van der Waals surface area contributed by atoms with Crippen LogP contribution in [-0.2, 0) is 14.3 Å². The zero-order chi connectivity index (χ0) is 13.6. The van der Waals surface area contributed by atoms with E-state index < -0.39 is 0 Å². The highest BCUT2D eigenvalue weighted by Gasteiger charge is 2.62. The average molecular weight is 282 g/mol. The van der Waals surface area contributed by atoms with Gasteiger partial charge < -0.3 is 9.47 Å². The number of allylic oxidation sites excluding steroid dienone is 2. The molecule has 3 rings (SSSR count). The van der Waals surface area contributed by atoms with Crippen molar-refractivity contribution in [1.82, 2.24) is 0 Å². The van der Waals surface area contributed by atoms with Gasteiger partial charge in [-0.2, -0.15) is 12.6 Å². The van der Waals surface area contributed by atoms with Crippen molar-refractivity contribution in [3.63, 3.8) is 0 Å². The van der Waals surface area contributed by atoms with Crippen LogP contribution in [0.1, 0.15) is 39.5 Å². The first-order chi connectivity index (χ1) is 9.05. The molecule has 0 N–H and O–H groups in total. The molecule has 3 nitrogen and oxygen atoms in total. The Kier molecular flexibility index (Phi) is 3.42. The molecule has 3 aliphatic rings. The smallest absolute Gasteiger partial charge is 0.310 e. The van der Waals surface area contributed by atoms with Gasteiger partial charge in [0.1, 0.15) is 12.2 Å². The Bertz CT molecular complexity index is 420. The van der Waals surface area contributed by atoms with Crippen molar-refractivity contribution in [3.05, 3.63) is 11.6 Å². The topological polar surface area (TPSA) is 38.8 Å². The number of thiol groups is 1. The summed E-state index contributed by atoms with van der Waals surface area (Å²) in [5, 5.41) is 0. The molecule has 0 saturated carbocycles. The Balaban J connectivity index is 1.85. The number of epoxide rings is 1. The van der Waals surface area contributed by atoms with Gasteiger partial charge in [-0.15, -0.1) is 0 Å². The Labute approximate surface area is 120 Å². The molecule has 2 fully saturated rings. The molecule has 0 bridgehead atoms. The summed E-state index contributed by atoms with van der Waals surface area (Å²) < 4.78 is 11.5. The molecule has 4 heteroatoms. The first-order valence-corrected chi connectivity index (χ1v) is 7.83. The molecule has 0 amide bonds.